The lowest BCUT2D eigenvalue weighted by Crippen LogP contribution is -1.87. The third-order valence-electron chi connectivity index (χ3n) is 3.35. The summed E-state index contributed by atoms with van der Waals surface area (Å²) in [6.45, 7) is 4.43. The van der Waals surface area contributed by atoms with Gasteiger partial charge in [0.25, 0.3) is 0 Å². The number of para-hydroxylation sites is 1. The van der Waals surface area contributed by atoms with Crippen LogP contribution in [0.1, 0.15) is 25.3 Å². The van der Waals surface area contributed by atoms with Crippen LogP contribution in [-0.4, -0.2) is 0 Å². The second-order valence-corrected chi connectivity index (χ2v) is 4.93. The Balaban J connectivity index is 2.17. The zero-order valence-electron chi connectivity index (χ0n) is 10.7. The number of benzene rings is 2. The van der Waals surface area contributed by atoms with Gasteiger partial charge in [0.2, 0.25) is 0 Å². The van der Waals surface area contributed by atoms with Crippen LogP contribution >= 0.6 is 0 Å². The Morgan fingerprint density at radius 1 is 0.944 bits per heavy atom. The molecule has 1 nitrogen and oxygen atoms in total. The summed E-state index contributed by atoms with van der Waals surface area (Å²) in [5, 5.41) is 1.18. The van der Waals surface area contributed by atoms with E-state index in [0.717, 1.165) is 5.58 Å². The smallest absolute Gasteiger partial charge is 0.134 e. The lowest BCUT2D eigenvalue weighted by atomic mass is 9.97. The molecule has 18 heavy (non-hydrogen) atoms. The molecule has 0 amide bonds. The third-order valence-corrected chi connectivity index (χ3v) is 3.35. The second kappa shape index (κ2) is 4.34. The summed E-state index contributed by atoms with van der Waals surface area (Å²) in [6.07, 6.45) is 1.85. The van der Waals surface area contributed by atoms with Gasteiger partial charge in [-0.25, -0.2) is 0 Å². The van der Waals surface area contributed by atoms with Crippen molar-refractivity contribution in [3.8, 4) is 11.1 Å². The maximum Gasteiger partial charge on any atom is 0.134 e. The highest BCUT2D eigenvalue weighted by Crippen LogP contribution is 2.31. The van der Waals surface area contributed by atoms with Gasteiger partial charge in [0.1, 0.15) is 5.58 Å². The van der Waals surface area contributed by atoms with Gasteiger partial charge in [-0.2, -0.15) is 0 Å². The van der Waals surface area contributed by atoms with Gasteiger partial charge in [0.05, 0.1) is 6.26 Å². The standard InChI is InChI=1S/C17H16O/c1-12(2)13-6-5-7-14(10-13)16-11-18-17-9-4-3-8-15(16)17/h3-12H,1-2H3. The monoisotopic (exact) mass is 236 g/mol. The minimum atomic E-state index is 0.545. The van der Waals surface area contributed by atoms with Gasteiger partial charge in [-0.15, -0.1) is 0 Å². The maximum atomic E-state index is 5.60. The predicted octanol–water partition coefficient (Wildman–Crippen LogP) is 5.22. The van der Waals surface area contributed by atoms with Gasteiger partial charge in [0, 0.05) is 10.9 Å². The van der Waals surface area contributed by atoms with Crippen molar-refractivity contribution in [3.63, 3.8) is 0 Å². The number of hydrogen-bond donors (Lipinski definition) is 0. The largest absolute Gasteiger partial charge is 0.464 e. The zero-order chi connectivity index (χ0) is 12.5. The summed E-state index contributed by atoms with van der Waals surface area (Å²) in [4.78, 5) is 0. The Morgan fingerprint density at radius 3 is 2.61 bits per heavy atom. The van der Waals surface area contributed by atoms with Crippen molar-refractivity contribution in [1.82, 2.24) is 0 Å². The molecule has 0 saturated heterocycles. The molecule has 0 aliphatic rings. The van der Waals surface area contributed by atoms with Crippen LogP contribution in [0.25, 0.3) is 22.1 Å². The molecular weight excluding hydrogens is 220 g/mol. The third kappa shape index (κ3) is 1.82. The SMILES string of the molecule is CC(C)c1cccc(-c2coc3ccccc23)c1. The van der Waals surface area contributed by atoms with Gasteiger partial charge >= 0.3 is 0 Å². The normalized spacial score (nSPS) is 11.3. The summed E-state index contributed by atoms with van der Waals surface area (Å²) in [5.41, 5.74) is 4.71. The highest BCUT2D eigenvalue weighted by atomic mass is 16.3. The van der Waals surface area contributed by atoms with E-state index in [4.69, 9.17) is 4.42 Å². The molecular formula is C17H16O. The number of fused-ring (bicyclic) bond motifs is 1. The van der Waals surface area contributed by atoms with E-state index in [-0.39, 0.29) is 0 Å². The number of furan rings is 1. The molecule has 1 aromatic heterocycles. The van der Waals surface area contributed by atoms with E-state index in [2.05, 4.69) is 44.2 Å². The minimum absolute atomic E-state index is 0.545. The fourth-order valence-corrected chi connectivity index (χ4v) is 2.27. The van der Waals surface area contributed by atoms with E-state index in [1.807, 2.05) is 24.5 Å². The van der Waals surface area contributed by atoms with Gasteiger partial charge in [-0.05, 0) is 23.1 Å². The molecule has 0 saturated carbocycles. The van der Waals surface area contributed by atoms with Crippen molar-refractivity contribution < 1.29 is 4.42 Å². The van der Waals surface area contributed by atoms with Crippen molar-refractivity contribution in [3.05, 3.63) is 60.4 Å². The summed E-state index contributed by atoms with van der Waals surface area (Å²) in [6, 6.07) is 16.9. The van der Waals surface area contributed by atoms with E-state index in [1.165, 1.54) is 22.1 Å². The van der Waals surface area contributed by atoms with Gasteiger partial charge < -0.3 is 4.42 Å². The van der Waals surface area contributed by atoms with E-state index in [0.29, 0.717) is 5.92 Å². The predicted molar refractivity (Wildman–Crippen MR) is 75.7 cm³/mol. The van der Waals surface area contributed by atoms with Crippen molar-refractivity contribution in [2.24, 2.45) is 0 Å². The molecule has 0 radical (unpaired) electrons. The van der Waals surface area contributed by atoms with Crippen LogP contribution < -0.4 is 0 Å². The van der Waals surface area contributed by atoms with Crippen LogP contribution in [0.3, 0.4) is 0 Å². The quantitative estimate of drug-likeness (QED) is 0.594. The van der Waals surface area contributed by atoms with Crippen LogP contribution in [0.5, 0.6) is 0 Å². The second-order valence-electron chi connectivity index (χ2n) is 4.93. The Labute approximate surface area is 107 Å². The molecule has 0 spiro atoms. The minimum Gasteiger partial charge on any atom is -0.464 e. The first kappa shape index (κ1) is 11.1. The molecule has 2 aromatic carbocycles. The first-order valence-electron chi connectivity index (χ1n) is 6.32. The fraction of sp³-hybridized carbons (Fsp3) is 0.176. The van der Waals surface area contributed by atoms with E-state index >= 15 is 0 Å². The van der Waals surface area contributed by atoms with E-state index in [9.17, 15) is 0 Å². The van der Waals surface area contributed by atoms with Crippen LogP contribution in [0.2, 0.25) is 0 Å². The van der Waals surface area contributed by atoms with Crippen molar-refractivity contribution in [1.29, 1.82) is 0 Å². The first-order valence-corrected chi connectivity index (χ1v) is 6.32. The highest BCUT2D eigenvalue weighted by Gasteiger charge is 2.08. The average molecular weight is 236 g/mol. The number of rotatable bonds is 2. The van der Waals surface area contributed by atoms with Crippen molar-refractivity contribution in [2.45, 2.75) is 19.8 Å². The molecule has 1 heterocycles. The lowest BCUT2D eigenvalue weighted by Gasteiger charge is -2.07. The fourth-order valence-electron chi connectivity index (χ4n) is 2.27. The van der Waals surface area contributed by atoms with Gasteiger partial charge in [-0.3, -0.25) is 0 Å². The zero-order valence-corrected chi connectivity index (χ0v) is 10.7. The Morgan fingerprint density at radius 2 is 1.78 bits per heavy atom. The Hall–Kier alpha value is -2.02. The van der Waals surface area contributed by atoms with Crippen molar-refractivity contribution >= 4 is 11.0 Å². The van der Waals surface area contributed by atoms with Crippen LogP contribution in [0, 0.1) is 0 Å². The Bertz CT molecular complexity index is 677. The molecule has 3 aromatic rings. The summed E-state index contributed by atoms with van der Waals surface area (Å²) in [5.74, 6) is 0.545. The topological polar surface area (TPSA) is 13.1 Å². The molecule has 90 valence electrons. The molecule has 0 aliphatic carbocycles. The highest BCUT2D eigenvalue weighted by molar-refractivity contribution is 5.93. The molecule has 1 heteroatoms. The molecule has 0 aliphatic heterocycles. The molecule has 0 atom stereocenters. The van der Waals surface area contributed by atoms with E-state index in [1.54, 1.807) is 0 Å². The van der Waals surface area contributed by atoms with Crippen LogP contribution in [-0.2, 0) is 0 Å². The molecule has 0 fully saturated rings. The molecule has 0 unspecified atom stereocenters. The summed E-state index contributed by atoms with van der Waals surface area (Å²) >= 11 is 0. The summed E-state index contributed by atoms with van der Waals surface area (Å²) < 4.78 is 5.60. The van der Waals surface area contributed by atoms with Gasteiger partial charge in [0.15, 0.2) is 0 Å². The molecule has 0 N–H and O–H groups in total. The van der Waals surface area contributed by atoms with Crippen LogP contribution in [0.15, 0.2) is 59.2 Å². The molecule has 0 bridgehead atoms. The first-order chi connectivity index (χ1) is 8.75. The maximum absolute atomic E-state index is 5.60. The van der Waals surface area contributed by atoms with E-state index < -0.39 is 0 Å². The lowest BCUT2D eigenvalue weighted by molar-refractivity contribution is 0.617. The Kier molecular flexibility index (Phi) is 2.67. The number of hydrogen-bond acceptors (Lipinski definition) is 1. The summed E-state index contributed by atoms with van der Waals surface area (Å²) in [7, 11) is 0. The van der Waals surface area contributed by atoms with Gasteiger partial charge in [-0.1, -0.05) is 56.3 Å². The average Bonchev–Trinajstić information content (AvgIpc) is 2.82. The van der Waals surface area contributed by atoms with Crippen molar-refractivity contribution in [2.75, 3.05) is 0 Å². The molecule has 3 rings (SSSR count). The van der Waals surface area contributed by atoms with Crippen LogP contribution in [0.4, 0.5) is 0 Å².